The van der Waals surface area contributed by atoms with Crippen LogP contribution in [0.15, 0.2) is 22.7 Å². The Labute approximate surface area is 108 Å². The number of hydrogen-bond donors (Lipinski definition) is 1. The lowest BCUT2D eigenvalue weighted by Crippen LogP contribution is -2.06. The zero-order valence-corrected chi connectivity index (χ0v) is 10.4. The van der Waals surface area contributed by atoms with Gasteiger partial charge in [-0.05, 0) is 19.9 Å². The third-order valence-electron chi connectivity index (χ3n) is 2.81. The van der Waals surface area contributed by atoms with E-state index in [2.05, 4.69) is 10.5 Å². The van der Waals surface area contributed by atoms with E-state index in [1.165, 1.54) is 18.2 Å². The fourth-order valence-electron chi connectivity index (χ4n) is 1.77. The van der Waals surface area contributed by atoms with Gasteiger partial charge in [0.25, 0.3) is 5.69 Å². The molecule has 0 saturated heterocycles. The Morgan fingerprint density at radius 3 is 2.79 bits per heavy atom. The first-order valence-corrected chi connectivity index (χ1v) is 5.59. The van der Waals surface area contributed by atoms with Gasteiger partial charge < -0.3 is 9.84 Å². The van der Waals surface area contributed by atoms with Crippen LogP contribution in [-0.2, 0) is 6.54 Å². The van der Waals surface area contributed by atoms with E-state index in [4.69, 9.17) is 4.52 Å². The van der Waals surface area contributed by atoms with Crippen LogP contribution in [0.5, 0.6) is 0 Å². The lowest BCUT2D eigenvalue weighted by atomic mass is 10.2. The molecular weight excluding hydrogens is 253 g/mol. The summed E-state index contributed by atoms with van der Waals surface area (Å²) in [4.78, 5) is 10.2. The van der Waals surface area contributed by atoms with E-state index in [-0.39, 0.29) is 17.9 Å². The number of rotatable bonds is 4. The molecule has 0 radical (unpaired) electrons. The first-order chi connectivity index (χ1) is 9.00. The number of aromatic nitrogens is 1. The topological polar surface area (TPSA) is 81.2 Å². The number of nitrogens with zero attached hydrogens (tertiary/aromatic N) is 2. The molecule has 0 amide bonds. The summed E-state index contributed by atoms with van der Waals surface area (Å²) in [5, 5.41) is 17.3. The molecule has 1 N–H and O–H groups in total. The lowest BCUT2D eigenvalue weighted by Gasteiger charge is -2.07. The normalized spacial score (nSPS) is 10.5. The molecule has 19 heavy (non-hydrogen) atoms. The van der Waals surface area contributed by atoms with E-state index >= 15 is 0 Å². The van der Waals surface area contributed by atoms with Gasteiger partial charge in [0.15, 0.2) is 5.82 Å². The predicted molar refractivity (Wildman–Crippen MR) is 66.4 cm³/mol. The molecular formula is C12H12FN3O3. The van der Waals surface area contributed by atoms with Gasteiger partial charge >= 0.3 is 0 Å². The molecule has 0 saturated carbocycles. The smallest absolute Gasteiger partial charge is 0.295 e. The zero-order chi connectivity index (χ0) is 14.0. The number of nitro groups is 1. The SMILES string of the molecule is Cc1noc(C)c1CNc1c(F)cccc1[N+](=O)[O-]. The minimum absolute atomic E-state index is 0.132. The van der Waals surface area contributed by atoms with Crippen LogP contribution in [0.2, 0.25) is 0 Å². The van der Waals surface area contributed by atoms with Gasteiger partial charge in [0.05, 0.1) is 10.6 Å². The summed E-state index contributed by atoms with van der Waals surface area (Å²) in [6.45, 7) is 3.69. The number of anilines is 1. The highest BCUT2D eigenvalue weighted by atomic mass is 19.1. The molecule has 0 aliphatic heterocycles. The monoisotopic (exact) mass is 265 g/mol. The molecule has 0 bridgehead atoms. The highest BCUT2D eigenvalue weighted by Gasteiger charge is 2.18. The van der Waals surface area contributed by atoms with Gasteiger partial charge in [0.1, 0.15) is 11.4 Å². The van der Waals surface area contributed by atoms with Crippen LogP contribution >= 0.6 is 0 Å². The summed E-state index contributed by atoms with van der Waals surface area (Å²) in [5.74, 6) is -0.0649. The molecule has 1 aromatic carbocycles. The van der Waals surface area contributed by atoms with Gasteiger partial charge in [-0.25, -0.2) is 4.39 Å². The Hall–Kier alpha value is -2.44. The maximum atomic E-state index is 13.6. The van der Waals surface area contributed by atoms with E-state index < -0.39 is 10.7 Å². The molecule has 0 atom stereocenters. The van der Waals surface area contributed by atoms with Crippen molar-refractivity contribution in [3.05, 3.63) is 51.1 Å². The van der Waals surface area contributed by atoms with E-state index in [0.717, 1.165) is 5.56 Å². The highest BCUT2D eigenvalue weighted by molar-refractivity contribution is 5.62. The molecule has 0 fully saturated rings. The van der Waals surface area contributed by atoms with Crippen LogP contribution in [0.3, 0.4) is 0 Å². The van der Waals surface area contributed by atoms with Gasteiger partial charge in [0.2, 0.25) is 0 Å². The van der Waals surface area contributed by atoms with Gasteiger partial charge in [-0.3, -0.25) is 10.1 Å². The van der Waals surface area contributed by atoms with Crippen molar-refractivity contribution in [3.63, 3.8) is 0 Å². The van der Waals surface area contributed by atoms with Crippen LogP contribution in [0, 0.1) is 29.8 Å². The molecule has 0 aliphatic rings. The third kappa shape index (κ3) is 2.54. The molecule has 1 aromatic heterocycles. The van der Waals surface area contributed by atoms with E-state index in [1.54, 1.807) is 13.8 Å². The maximum Gasteiger partial charge on any atom is 0.295 e. The summed E-state index contributed by atoms with van der Waals surface area (Å²) in [6, 6.07) is 3.72. The number of halogens is 1. The van der Waals surface area contributed by atoms with Gasteiger partial charge in [-0.15, -0.1) is 0 Å². The maximum absolute atomic E-state index is 13.6. The number of aryl methyl sites for hydroxylation is 2. The molecule has 2 aromatic rings. The first kappa shape index (κ1) is 13.0. The third-order valence-corrected chi connectivity index (χ3v) is 2.81. The van der Waals surface area contributed by atoms with E-state index in [0.29, 0.717) is 11.5 Å². The minimum atomic E-state index is -0.666. The predicted octanol–water partition coefficient (Wildman–Crippen LogP) is 2.95. The van der Waals surface area contributed by atoms with Gasteiger partial charge in [-0.2, -0.15) is 0 Å². The number of hydrogen-bond acceptors (Lipinski definition) is 5. The summed E-state index contributed by atoms with van der Waals surface area (Å²) < 4.78 is 18.6. The summed E-state index contributed by atoms with van der Waals surface area (Å²) in [6.07, 6.45) is 0. The van der Waals surface area contributed by atoms with E-state index in [9.17, 15) is 14.5 Å². The molecule has 7 heteroatoms. The van der Waals surface area contributed by atoms with Crippen LogP contribution in [0.1, 0.15) is 17.0 Å². The van der Waals surface area contributed by atoms with E-state index in [1.807, 2.05) is 0 Å². The molecule has 0 aliphatic carbocycles. The molecule has 1 heterocycles. The second-order valence-corrected chi connectivity index (χ2v) is 4.05. The van der Waals surface area contributed by atoms with Crippen molar-refractivity contribution in [2.45, 2.75) is 20.4 Å². The largest absolute Gasteiger partial charge is 0.373 e. The Kier molecular flexibility index (Phi) is 3.46. The molecule has 6 nitrogen and oxygen atoms in total. The van der Waals surface area contributed by atoms with Crippen molar-refractivity contribution in [1.29, 1.82) is 0 Å². The minimum Gasteiger partial charge on any atom is -0.373 e. The number of nitrogens with one attached hydrogen (secondary N) is 1. The average Bonchev–Trinajstić information content (AvgIpc) is 2.67. The summed E-state index contributed by atoms with van der Waals surface area (Å²) in [5.41, 5.74) is 1.00. The van der Waals surface area contributed by atoms with Crippen molar-refractivity contribution in [2.24, 2.45) is 0 Å². The van der Waals surface area contributed by atoms with Crippen LogP contribution in [0.4, 0.5) is 15.8 Å². The van der Waals surface area contributed by atoms with Crippen LogP contribution < -0.4 is 5.32 Å². The second-order valence-electron chi connectivity index (χ2n) is 4.05. The lowest BCUT2D eigenvalue weighted by molar-refractivity contribution is -0.384. The Balaban J connectivity index is 2.27. The zero-order valence-electron chi connectivity index (χ0n) is 10.4. The first-order valence-electron chi connectivity index (χ1n) is 5.59. The molecule has 0 unspecified atom stereocenters. The average molecular weight is 265 g/mol. The molecule has 2 rings (SSSR count). The standard InChI is InChI=1S/C12H12FN3O3/c1-7-9(8(2)19-15-7)6-14-12-10(13)4-3-5-11(12)16(17)18/h3-5,14H,6H2,1-2H3. The van der Waals surface area contributed by atoms with Crippen molar-refractivity contribution < 1.29 is 13.8 Å². The quantitative estimate of drug-likeness (QED) is 0.679. The van der Waals surface area contributed by atoms with Gasteiger partial charge in [0, 0.05) is 18.2 Å². The fraction of sp³-hybridized carbons (Fsp3) is 0.250. The number of para-hydroxylation sites is 1. The van der Waals surface area contributed by atoms with Gasteiger partial charge in [-0.1, -0.05) is 11.2 Å². The Bertz CT molecular complexity index is 605. The highest BCUT2D eigenvalue weighted by Crippen LogP contribution is 2.28. The van der Waals surface area contributed by atoms with Crippen molar-refractivity contribution in [2.75, 3.05) is 5.32 Å². The number of benzene rings is 1. The Morgan fingerprint density at radius 2 is 2.21 bits per heavy atom. The molecule has 0 spiro atoms. The summed E-state index contributed by atoms with van der Waals surface area (Å²) >= 11 is 0. The van der Waals surface area contributed by atoms with Crippen molar-refractivity contribution >= 4 is 11.4 Å². The van der Waals surface area contributed by atoms with Crippen molar-refractivity contribution in [3.8, 4) is 0 Å². The second kappa shape index (κ2) is 5.05. The fourth-order valence-corrected chi connectivity index (χ4v) is 1.77. The Morgan fingerprint density at radius 1 is 1.47 bits per heavy atom. The van der Waals surface area contributed by atoms with Crippen LogP contribution in [-0.4, -0.2) is 10.1 Å². The summed E-state index contributed by atoms with van der Waals surface area (Å²) in [7, 11) is 0. The van der Waals surface area contributed by atoms with Crippen molar-refractivity contribution in [1.82, 2.24) is 5.16 Å². The molecule has 100 valence electrons. The number of nitro benzene ring substituents is 1. The van der Waals surface area contributed by atoms with Crippen LogP contribution in [0.25, 0.3) is 0 Å².